The Morgan fingerprint density at radius 3 is 2.48 bits per heavy atom. The van der Waals surface area contributed by atoms with Crippen LogP contribution in [0.25, 0.3) is 0 Å². The van der Waals surface area contributed by atoms with E-state index in [2.05, 4.69) is 48.3 Å². The lowest BCUT2D eigenvalue weighted by Gasteiger charge is -2.18. The van der Waals surface area contributed by atoms with Crippen LogP contribution in [0.2, 0.25) is 0 Å². The van der Waals surface area contributed by atoms with Gasteiger partial charge in [-0.1, -0.05) is 26.0 Å². The largest absolute Gasteiger partial charge is 0.492 e. The van der Waals surface area contributed by atoms with Gasteiger partial charge in [-0.2, -0.15) is 0 Å². The molecule has 1 saturated heterocycles. The van der Waals surface area contributed by atoms with Gasteiger partial charge in [0.15, 0.2) is 0 Å². The predicted molar refractivity (Wildman–Crippen MR) is 88.9 cm³/mol. The van der Waals surface area contributed by atoms with Crippen LogP contribution >= 0.6 is 0 Å². The molecule has 0 bridgehead atoms. The maximum absolute atomic E-state index is 5.86. The monoisotopic (exact) mass is 290 g/mol. The second-order valence-electron chi connectivity index (χ2n) is 5.88. The van der Waals surface area contributed by atoms with Gasteiger partial charge in [0.2, 0.25) is 0 Å². The van der Waals surface area contributed by atoms with E-state index in [4.69, 9.17) is 4.74 Å². The third kappa shape index (κ3) is 5.33. The molecule has 3 heteroatoms. The second-order valence-corrected chi connectivity index (χ2v) is 5.88. The topological polar surface area (TPSA) is 24.5 Å². The molecule has 0 aliphatic carbocycles. The molecule has 0 aromatic heterocycles. The summed E-state index contributed by atoms with van der Waals surface area (Å²) in [7, 11) is 0. The van der Waals surface area contributed by atoms with Crippen molar-refractivity contribution in [3.63, 3.8) is 0 Å². The van der Waals surface area contributed by atoms with Crippen molar-refractivity contribution in [2.24, 2.45) is 0 Å². The van der Waals surface area contributed by atoms with E-state index in [1.807, 2.05) is 0 Å². The normalized spacial score (nSPS) is 17.0. The summed E-state index contributed by atoms with van der Waals surface area (Å²) >= 11 is 0. The Morgan fingerprint density at radius 2 is 1.86 bits per heavy atom. The quantitative estimate of drug-likeness (QED) is 0.752. The van der Waals surface area contributed by atoms with E-state index in [1.165, 1.54) is 37.9 Å². The molecular formula is C18H30N2O. The van der Waals surface area contributed by atoms with Gasteiger partial charge in [-0.15, -0.1) is 0 Å². The number of hydrogen-bond donors (Lipinski definition) is 1. The summed E-state index contributed by atoms with van der Waals surface area (Å²) in [4.78, 5) is 2.48. The highest BCUT2D eigenvalue weighted by molar-refractivity contribution is 5.29. The Kier molecular flexibility index (Phi) is 7.04. The molecule has 0 amide bonds. The Labute approximate surface area is 129 Å². The molecule has 0 spiro atoms. The molecule has 1 fully saturated rings. The number of nitrogens with one attached hydrogen (secondary N) is 1. The first-order chi connectivity index (χ1) is 10.3. The van der Waals surface area contributed by atoms with Crippen molar-refractivity contribution in [1.29, 1.82) is 0 Å². The second kappa shape index (κ2) is 9.06. The van der Waals surface area contributed by atoms with Crippen molar-refractivity contribution in [2.75, 3.05) is 32.8 Å². The third-order valence-electron chi connectivity index (χ3n) is 4.21. The van der Waals surface area contributed by atoms with Gasteiger partial charge in [-0.3, -0.25) is 4.90 Å². The van der Waals surface area contributed by atoms with Gasteiger partial charge in [0, 0.05) is 12.6 Å². The van der Waals surface area contributed by atoms with E-state index < -0.39 is 0 Å². The highest BCUT2D eigenvalue weighted by Crippen LogP contribution is 2.20. The van der Waals surface area contributed by atoms with Crippen molar-refractivity contribution in [3.8, 4) is 5.75 Å². The molecular weight excluding hydrogens is 260 g/mol. The lowest BCUT2D eigenvalue weighted by Crippen LogP contribution is -2.25. The summed E-state index contributed by atoms with van der Waals surface area (Å²) in [6.07, 6.45) is 4.99. The number of benzene rings is 1. The SMILES string of the molecule is CCCNC(CC)c1ccc(OCCN2CCCC2)cc1. The molecule has 1 aliphatic rings. The standard InChI is InChI=1S/C18H30N2O/c1-3-11-19-18(4-2)16-7-9-17(10-8-16)21-15-14-20-12-5-6-13-20/h7-10,18-19H,3-6,11-15H2,1-2H3. The summed E-state index contributed by atoms with van der Waals surface area (Å²) in [6, 6.07) is 9.07. The summed E-state index contributed by atoms with van der Waals surface area (Å²) in [6.45, 7) is 9.84. The minimum absolute atomic E-state index is 0.462. The van der Waals surface area contributed by atoms with Crippen LogP contribution < -0.4 is 10.1 Å². The lowest BCUT2D eigenvalue weighted by molar-refractivity contribution is 0.237. The molecule has 1 aliphatic heterocycles. The Balaban J connectivity index is 1.77. The Bertz CT molecular complexity index is 385. The van der Waals surface area contributed by atoms with Crippen LogP contribution in [0.4, 0.5) is 0 Å². The molecule has 21 heavy (non-hydrogen) atoms. The van der Waals surface area contributed by atoms with Gasteiger partial charge in [0.05, 0.1) is 0 Å². The molecule has 1 aromatic rings. The van der Waals surface area contributed by atoms with Gasteiger partial charge in [0.25, 0.3) is 0 Å². The van der Waals surface area contributed by atoms with Gasteiger partial charge >= 0.3 is 0 Å². The molecule has 1 unspecified atom stereocenters. The summed E-state index contributed by atoms with van der Waals surface area (Å²) in [5.74, 6) is 0.989. The van der Waals surface area contributed by atoms with Crippen molar-refractivity contribution in [3.05, 3.63) is 29.8 Å². The zero-order valence-electron chi connectivity index (χ0n) is 13.6. The van der Waals surface area contributed by atoms with Gasteiger partial charge in [0.1, 0.15) is 12.4 Å². The lowest BCUT2D eigenvalue weighted by atomic mass is 10.0. The van der Waals surface area contributed by atoms with Crippen LogP contribution in [0.5, 0.6) is 5.75 Å². The van der Waals surface area contributed by atoms with E-state index in [-0.39, 0.29) is 0 Å². The number of rotatable bonds is 9. The van der Waals surface area contributed by atoms with Gasteiger partial charge in [-0.25, -0.2) is 0 Å². The van der Waals surface area contributed by atoms with Crippen LogP contribution in [0, 0.1) is 0 Å². The smallest absolute Gasteiger partial charge is 0.119 e. The fourth-order valence-electron chi connectivity index (χ4n) is 2.91. The molecule has 1 N–H and O–H groups in total. The number of hydrogen-bond acceptors (Lipinski definition) is 3. The molecule has 0 saturated carbocycles. The number of ether oxygens (including phenoxy) is 1. The van der Waals surface area contributed by atoms with E-state index in [1.54, 1.807) is 0 Å². The number of nitrogens with zero attached hydrogens (tertiary/aromatic N) is 1. The molecule has 3 nitrogen and oxygen atoms in total. The molecule has 1 heterocycles. The van der Waals surface area contributed by atoms with Crippen molar-refractivity contribution in [1.82, 2.24) is 10.2 Å². The first-order valence-corrected chi connectivity index (χ1v) is 8.52. The zero-order valence-corrected chi connectivity index (χ0v) is 13.6. The van der Waals surface area contributed by atoms with Gasteiger partial charge in [-0.05, 0) is 63.0 Å². The molecule has 1 aromatic carbocycles. The van der Waals surface area contributed by atoms with Crippen molar-refractivity contribution in [2.45, 2.75) is 45.6 Å². The minimum atomic E-state index is 0.462. The number of likely N-dealkylation sites (tertiary alicyclic amines) is 1. The Hall–Kier alpha value is -1.06. The van der Waals surface area contributed by atoms with Crippen molar-refractivity contribution >= 4 is 0 Å². The van der Waals surface area contributed by atoms with E-state index in [0.717, 1.165) is 31.9 Å². The van der Waals surface area contributed by atoms with E-state index in [0.29, 0.717) is 6.04 Å². The maximum Gasteiger partial charge on any atom is 0.119 e. The molecule has 2 rings (SSSR count). The maximum atomic E-state index is 5.86. The third-order valence-corrected chi connectivity index (χ3v) is 4.21. The van der Waals surface area contributed by atoms with Crippen LogP contribution in [0.15, 0.2) is 24.3 Å². The summed E-state index contributed by atoms with van der Waals surface area (Å²) in [5.41, 5.74) is 1.36. The summed E-state index contributed by atoms with van der Waals surface area (Å²) < 4.78 is 5.86. The first-order valence-electron chi connectivity index (χ1n) is 8.52. The van der Waals surface area contributed by atoms with E-state index in [9.17, 15) is 0 Å². The van der Waals surface area contributed by atoms with Crippen LogP contribution in [0.3, 0.4) is 0 Å². The molecule has 0 radical (unpaired) electrons. The van der Waals surface area contributed by atoms with Crippen LogP contribution in [-0.2, 0) is 0 Å². The fraction of sp³-hybridized carbons (Fsp3) is 0.667. The average Bonchev–Trinajstić information content (AvgIpc) is 3.03. The first kappa shape index (κ1) is 16.3. The molecule has 1 atom stereocenters. The van der Waals surface area contributed by atoms with Gasteiger partial charge < -0.3 is 10.1 Å². The highest BCUT2D eigenvalue weighted by Gasteiger charge is 2.11. The minimum Gasteiger partial charge on any atom is -0.492 e. The zero-order chi connectivity index (χ0) is 14.9. The predicted octanol–water partition coefficient (Wildman–Crippen LogP) is 3.61. The Morgan fingerprint density at radius 1 is 1.14 bits per heavy atom. The highest BCUT2D eigenvalue weighted by atomic mass is 16.5. The van der Waals surface area contributed by atoms with Crippen molar-refractivity contribution < 1.29 is 4.74 Å². The average molecular weight is 290 g/mol. The molecule has 118 valence electrons. The van der Waals surface area contributed by atoms with Crippen LogP contribution in [-0.4, -0.2) is 37.7 Å². The van der Waals surface area contributed by atoms with Crippen LogP contribution in [0.1, 0.15) is 51.1 Å². The van der Waals surface area contributed by atoms with E-state index >= 15 is 0 Å². The fourth-order valence-corrected chi connectivity index (χ4v) is 2.91. The summed E-state index contributed by atoms with van der Waals surface area (Å²) in [5, 5.41) is 3.59.